The van der Waals surface area contributed by atoms with Crippen LogP contribution in [0.2, 0.25) is 0 Å². The van der Waals surface area contributed by atoms with Gasteiger partial charge in [0.2, 0.25) is 0 Å². The molecule has 5 nitrogen and oxygen atoms in total. The highest BCUT2D eigenvalue weighted by molar-refractivity contribution is 5.94. The number of benzene rings is 2. The van der Waals surface area contributed by atoms with E-state index in [0.717, 1.165) is 70.3 Å². The first kappa shape index (κ1) is 22.0. The van der Waals surface area contributed by atoms with Crippen molar-refractivity contribution in [2.45, 2.75) is 63.7 Å². The molecule has 1 aliphatic carbocycles. The molecule has 3 aliphatic rings. The zero-order valence-corrected chi connectivity index (χ0v) is 19.3. The van der Waals surface area contributed by atoms with Crippen LogP contribution >= 0.6 is 0 Å². The van der Waals surface area contributed by atoms with Crippen molar-refractivity contribution in [1.29, 1.82) is 0 Å². The molecule has 174 valence electrons. The first-order valence-electron chi connectivity index (χ1n) is 12.6. The van der Waals surface area contributed by atoms with Crippen molar-refractivity contribution in [3.05, 3.63) is 53.6 Å². The van der Waals surface area contributed by atoms with E-state index in [1.54, 1.807) is 0 Å². The second-order valence-corrected chi connectivity index (χ2v) is 10.0. The second kappa shape index (κ2) is 9.58. The standard InChI is InChI=1S/C28H34N2O3/c31-27(32)18-20-4-6-21(7-5-20)22-8-10-23(11-9-22)24-12-13-26-25(19-24)14-17-30(26)28(33)29-15-2-1-3-16-29/h8-13,19-21H,1-7,14-18H2,(H,31,32)/t20-,21-. The van der Waals surface area contributed by atoms with Gasteiger partial charge in [0.25, 0.3) is 0 Å². The van der Waals surface area contributed by atoms with Crippen molar-refractivity contribution in [1.82, 2.24) is 4.90 Å². The molecule has 2 heterocycles. The number of carboxylic acids is 1. The molecule has 5 heteroatoms. The number of carbonyl (C=O) groups excluding carboxylic acids is 1. The molecule has 0 bridgehead atoms. The van der Waals surface area contributed by atoms with Crippen molar-refractivity contribution in [2.75, 3.05) is 24.5 Å². The number of hydrogen-bond donors (Lipinski definition) is 1. The Bertz CT molecular complexity index is 1000. The third-order valence-electron chi connectivity index (χ3n) is 7.86. The average molecular weight is 447 g/mol. The van der Waals surface area contributed by atoms with Crippen molar-refractivity contribution < 1.29 is 14.7 Å². The van der Waals surface area contributed by atoms with E-state index in [-0.39, 0.29) is 6.03 Å². The number of likely N-dealkylation sites (tertiary alicyclic amines) is 1. The van der Waals surface area contributed by atoms with Crippen LogP contribution < -0.4 is 4.90 Å². The van der Waals surface area contributed by atoms with Crippen LogP contribution in [-0.4, -0.2) is 41.6 Å². The van der Waals surface area contributed by atoms with Crippen molar-refractivity contribution in [2.24, 2.45) is 5.92 Å². The lowest BCUT2D eigenvalue weighted by molar-refractivity contribution is -0.138. The number of aliphatic carboxylic acids is 1. The van der Waals surface area contributed by atoms with Gasteiger partial charge in [0, 0.05) is 31.7 Å². The summed E-state index contributed by atoms with van der Waals surface area (Å²) in [6.07, 6.45) is 8.87. The number of amides is 2. The van der Waals surface area contributed by atoms with Crippen LogP contribution in [0.4, 0.5) is 10.5 Å². The fourth-order valence-electron chi connectivity index (χ4n) is 5.93. The van der Waals surface area contributed by atoms with Gasteiger partial charge in [-0.1, -0.05) is 30.3 Å². The summed E-state index contributed by atoms with van der Waals surface area (Å²) in [5.41, 5.74) is 6.12. The third kappa shape index (κ3) is 4.78. The van der Waals surface area contributed by atoms with Crippen LogP contribution in [0.25, 0.3) is 11.1 Å². The number of carboxylic acid groups (broad SMARTS) is 1. The Labute approximate surface area is 196 Å². The van der Waals surface area contributed by atoms with E-state index in [0.29, 0.717) is 18.3 Å². The lowest BCUT2D eigenvalue weighted by Crippen LogP contribution is -2.44. The van der Waals surface area contributed by atoms with Crippen LogP contribution in [0.3, 0.4) is 0 Å². The third-order valence-corrected chi connectivity index (χ3v) is 7.86. The Morgan fingerprint density at radius 2 is 1.55 bits per heavy atom. The summed E-state index contributed by atoms with van der Waals surface area (Å²) in [6.45, 7) is 2.55. The highest BCUT2D eigenvalue weighted by Gasteiger charge is 2.29. The molecule has 2 aliphatic heterocycles. The lowest BCUT2D eigenvalue weighted by Gasteiger charge is -2.31. The second-order valence-electron chi connectivity index (χ2n) is 10.0. The molecule has 33 heavy (non-hydrogen) atoms. The monoisotopic (exact) mass is 446 g/mol. The smallest absolute Gasteiger partial charge is 0.324 e. The molecule has 0 aromatic heterocycles. The van der Waals surface area contributed by atoms with Gasteiger partial charge in [-0.3, -0.25) is 9.69 Å². The van der Waals surface area contributed by atoms with Crippen LogP contribution in [-0.2, 0) is 11.2 Å². The van der Waals surface area contributed by atoms with E-state index in [4.69, 9.17) is 5.11 Å². The van der Waals surface area contributed by atoms with Gasteiger partial charge in [-0.25, -0.2) is 4.79 Å². The molecule has 2 amide bonds. The number of anilines is 1. The summed E-state index contributed by atoms with van der Waals surface area (Å²) in [5.74, 6) is 0.209. The predicted octanol–water partition coefficient (Wildman–Crippen LogP) is 6.07. The molecule has 1 saturated heterocycles. The molecular weight excluding hydrogens is 412 g/mol. The topological polar surface area (TPSA) is 60.9 Å². The van der Waals surface area contributed by atoms with E-state index in [1.807, 2.05) is 9.80 Å². The first-order valence-corrected chi connectivity index (χ1v) is 12.6. The summed E-state index contributed by atoms with van der Waals surface area (Å²) in [7, 11) is 0. The molecule has 0 atom stereocenters. The number of fused-ring (bicyclic) bond motifs is 1. The molecule has 2 aromatic rings. The van der Waals surface area contributed by atoms with Crippen molar-refractivity contribution >= 4 is 17.7 Å². The van der Waals surface area contributed by atoms with E-state index in [2.05, 4.69) is 42.5 Å². The number of rotatable bonds is 4. The molecule has 1 N–H and O–H groups in total. The molecule has 0 unspecified atom stereocenters. The summed E-state index contributed by atoms with van der Waals surface area (Å²) in [4.78, 5) is 27.9. The fourth-order valence-corrected chi connectivity index (χ4v) is 5.93. The Balaban J connectivity index is 1.24. The molecule has 1 saturated carbocycles. The highest BCUT2D eigenvalue weighted by Crippen LogP contribution is 2.38. The van der Waals surface area contributed by atoms with Crippen molar-refractivity contribution in [3.63, 3.8) is 0 Å². The zero-order chi connectivity index (χ0) is 22.8. The van der Waals surface area contributed by atoms with Gasteiger partial charge in [0.1, 0.15) is 0 Å². The number of carbonyl (C=O) groups is 2. The minimum Gasteiger partial charge on any atom is -0.481 e. The number of piperidine rings is 1. The van der Waals surface area contributed by atoms with Crippen LogP contribution in [0.1, 0.15) is 68.4 Å². The van der Waals surface area contributed by atoms with Gasteiger partial charge >= 0.3 is 12.0 Å². The summed E-state index contributed by atoms with van der Waals surface area (Å²) < 4.78 is 0. The van der Waals surface area contributed by atoms with E-state index < -0.39 is 5.97 Å². The quantitative estimate of drug-likeness (QED) is 0.620. The Morgan fingerprint density at radius 1 is 0.848 bits per heavy atom. The van der Waals surface area contributed by atoms with Crippen LogP contribution in [0.15, 0.2) is 42.5 Å². The maximum atomic E-state index is 13.0. The number of hydrogen-bond acceptors (Lipinski definition) is 2. The minimum absolute atomic E-state index is 0.170. The molecular formula is C28H34N2O3. The Kier molecular flexibility index (Phi) is 6.39. The zero-order valence-electron chi connectivity index (χ0n) is 19.3. The molecule has 0 spiro atoms. The predicted molar refractivity (Wildman–Crippen MR) is 131 cm³/mol. The highest BCUT2D eigenvalue weighted by atomic mass is 16.4. The van der Waals surface area contributed by atoms with Gasteiger partial charge in [0.05, 0.1) is 0 Å². The van der Waals surface area contributed by atoms with Gasteiger partial charge in [-0.15, -0.1) is 0 Å². The maximum absolute atomic E-state index is 13.0. The van der Waals surface area contributed by atoms with Gasteiger partial charge in [-0.05, 0) is 97.6 Å². The van der Waals surface area contributed by atoms with E-state index >= 15 is 0 Å². The van der Waals surface area contributed by atoms with Gasteiger partial charge < -0.3 is 10.0 Å². The molecule has 2 aromatic carbocycles. The summed E-state index contributed by atoms with van der Waals surface area (Å²) >= 11 is 0. The van der Waals surface area contributed by atoms with Gasteiger partial charge in [0.15, 0.2) is 0 Å². The van der Waals surface area contributed by atoms with Crippen LogP contribution in [0.5, 0.6) is 0 Å². The maximum Gasteiger partial charge on any atom is 0.324 e. The number of nitrogens with zero attached hydrogens (tertiary/aromatic N) is 2. The summed E-state index contributed by atoms with van der Waals surface area (Å²) in [5, 5.41) is 9.03. The summed E-state index contributed by atoms with van der Waals surface area (Å²) in [6, 6.07) is 15.6. The van der Waals surface area contributed by atoms with Crippen molar-refractivity contribution in [3.8, 4) is 11.1 Å². The van der Waals surface area contributed by atoms with Gasteiger partial charge in [-0.2, -0.15) is 0 Å². The lowest BCUT2D eigenvalue weighted by atomic mass is 9.77. The average Bonchev–Trinajstić information content (AvgIpc) is 3.28. The normalized spacial score (nSPS) is 22.8. The SMILES string of the molecule is O=C(O)C[C@H]1CC[C@H](c2ccc(-c3ccc4c(c3)CCN4C(=O)N3CCCCC3)cc2)CC1. The van der Waals surface area contributed by atoms with E-state index in [9.17, 15) is 9.59 Å². The first-order chi connectivity index (χ1) is 16.1. The molecule has 5 rings (SSSR count). The number of urea groups is 1. The largest absolute Gasteiger partial charge is 0.481 e. The molecule has 0 radical (unpaired) electrons. The molecule has 2 fully saturated rings. The Morgan fingerprint density at radius 3 is 2.24 bits per heavy atom. The van der Waals surface area contributed by atoms with E-state index in [1.165, 1.54) is 28.7 Å². The van der Waals surface area contributed by atoms with Crippen LogP contribution in [0, 0.1) is 5.92 Å². The minimum atomic E-state index is -0.670. The fraction of sp³-hybridized carbons (Fsp3) is 0.500. The Hall–Kier alpha value is -2.82.